The Balaban J connectivity index is 0.00000288. The van der Waals surface area contributed by atoms with E-state index in [0.717, 1.165) is 51.5 Å². The maximum atomic E-state index is 11.7. The molecule has 136 valence electrons. The predicted octanol–water partition coefficient (Wildman–Crippen LogP) is 1.46. The van der Waals surface area contributed by atoms with Crippen LogP contribution in [0, 0.1) is 0 Å². The lowest BCUT2D eigenvalue weighted by Gasteiger charge is -2.18. The number of carbonyl (C=O) groups excluding carboxylic acids is 1. The summed E-state index contributed by atoms with van der Waals surface area (Å²) in [6, 6.07) is 0.289. The highest BCUT2D eigenvalue weighted by Crippen LogP contribution is 2.10. The number of carbonyl (C=O) groups is 1. The molecule has 0 aromatic carbocycles. The van der Waals surface area contributed by atoms with Crippen molar-refractivity contribution >= 4 is 35.8 Å². The number of likely N-dealkylation sites (tertiary alicyclic amines) is 1. The number of aromatic nitrogens is 2. The van der Waals surface area contributed by atoms with Crippen LogP contribution in [-0.2, 0) is 11.3 Å². The summed E-state index contributed by atoms with van der Waals surface area (Å²) in [6.07, 6.45) is 8.10. The van der Waals surface area contributed by atoms with Crippen LogP contribution in [0.4, 0.5) is 0 Å². The van der Waals surface area contributed by atoms with E-state index in [-0.39, 0.29) is 35.9 Å². The molecule has 0 spiro atoms. The van der Waals surface area contributed by atoms with Gasteiger partial charge in [-0.25, -0.2) is 4.98 Å². The van der Waals surface area contributed by atoms with Gasteiger partial charge in [0.2, 0.25) is 5.91 Å². The molecule has 1 aromatic rings. The first kappa shape index (κ1) is 20.7. The highest BCUT2D eigenvalue weighted by atomic mass is 127. The molecule has 1 aliphatic rings. The number of imidazole rings is 1. The molecular formula is C16H29IN6O. The van der Waals surface area contributed by atoms with E-state index >= 15 is 0 Å². The van der Waals surface area contributed by atoms with Crippen LogP contribution in [0.2, 0.25) is 0 Å². The van der Waals surface area contributed by atoms with Gasteiger partial charge >= 0.3 is 0 Å². The fourth-order valence-electron chi connectivity index (χ4n) is 2.70. The van der Waals surface area contributed by atoms with Gasteiger partial charge in [-0.1, -0.05) is 6.92 Å². The van der Waals surface area contributed by atoms with Crippen LogP contribution in [0.1, 0.15) is 33.1 Å². The molecule has 0 bridgehead atoms. The second-order valence-corrected chi connectivity index (χ2v) is 5.74. The van der Waals surface area contributed by atoms with E-state index in [1.165, 1.54) is 0 Å². The summed E-state index contributed by atoms with van der Waals surface area (Å²) in [5.41, 5.74) is 0. The number of aryl methyl sites for hydroxylation is 1. The van der Waals surface area contributed by atoms with Crippen molar-refractivity contribution in [1.29, 1.82) is 0 Å². The number of hydrogen-bond acceptors (Lipinski definition) is 3. The number of aliphatic imine (C=N–C) groups is 1. The second-order valence-electron chi connectivity index (χ2n) is 5.74. The number of rotatable bonds is 7. The summed E-state index contributed by atoms with van der Waals surface area (Å²) < 4.78 is 2.06. The van der Waals surface area contributed by atoms with E-state index in [0.29, 0.717) is 6.42 Å². The maximum Gasteiger partial charge on any atom is 0.222 e. The largest absolute Gasteiger partial charge is 0.357 e. The number of hydrogen-bond donors (Lipinski definition) is 2. The van der Waals surface area contributed by atoms with Crippen molar-refractivity contribution in [2.24, 2.45) is 4.99 Å². The third-order valence-corrected chi connectivity index (χ3v) is 3.93. The lowest BCUT2D eigenvalue weighted by molar-refractivity contribution is -0.129. The van der Waals surface area contributed by atoms with Crippen molar-refractivity contribution in [2.45, 2.75) is 45.7 Å². The van der Waals surface area contributed by atoms with Gasteiger partial charge in [-0.15, -0.1) is 24.0 Å². The molecule has 1 unspecified atom stereocenters. The van der Waals surface area contributed by atoms with Gasteiger partial charge in [0.25, 0.3) is 0 Å². The molecular weight excluding hydrogens is 419 g/mol. The maximum absolute atomic E-state index is 11.7. The topological polar surface area (TPSA) is 74.6 Å². The molecule has 2 heterocycles. The summed E-state index contributed by atoms with van der Waals surface area (Å²) in [4.78, 5) is 22.3. The van der Waals surface area contributed by atoms with Crippen molar-refractivity contribution in [2.75, 3.05) is 26.2 Å². The molecule has 2 N–H and O–H groups in total. The number of amides is 1. The zero-order valence-corrected chi connectivity index (χ0v) is 16.9. The van der Waals surface area contributed by atoms with E-state index in [1.54, 1.807) is 6.20 Å². The monoisotopic (exact) mass is 448 g/mol. The molecule has 7 nitrogen and oxygen atoms in total. The smallest absolute Gasteiger partial charge is 0.222 e. The Labute approximate surface area is 161 Å². The van der Waals surface area contributed by atoms with E-state index in [1.807, 2.05) is 24.3 Å². The van der Waals surface area contributed by atoms with Crippen LogP contribution < -0.4 is 10.6 Å². The molecule has 1 amide bonds. The molecule has 1 fully saturated rings. The van der Waals surface area contributed by atoms with E-state index in [9.17, 15) is 4.79 Å². The summed E-state index contributed by atoms with van der Waals surface area (Å²) in [5.74, 6) is 1.07. The van der Waals surface area contributed by atoms with Gasteiger partial charge < -0.3 is 20.1 Å². The van der Waals surface area contributed by atoms with Gasteiger partial charge in [-0.3, -0.25) is 9.79 Å². The first-order chi connectivity index (χ1) is 11.2. The average Bonchev–Trinajstić information content (AvgIpc) is 3.22. The minimum atomic E-state index is 0. The van der Waals surface area contributed by atoms with Gasteiger partial charge in [-0.2, -0.15) is 0 Å². The van der Waals surface area contributed by atoms with Crippen LogP contribution in [-0.4, -0.2) is 58.5 Å². The fraction of sp³-hybridized carbons (Fsp3) is 0.688. The number of halogens is 1. The van der Waals surface area contributed by atoms with E-state index in [2.05, 4.69) is 32.1 Å². The lowest BCUT2D eigenvalue weighted by atomic mass is 10.3. The standard InChI is InChI=1S/C16H28N6O.HI/c1-3-15(23)22-10-6-14(12-22)20-16(18-4-2)19-7-5-9-21-11-8-17-13-21;/h8,11,13-14H,3-7,9-10,12H2,1-2H3,(H2,18,19,20);1H. The van der Waals surface area contributed by atoms with Crippen molar-refractivity contribution in [3.05, 3.63) is 18.7 Å². The predicted molar refractivity (Wildman–Crippen MR) is 107 cm³/mol. The Bertz CT molecular complexity index is 505. The summed E-state index contributed by atoms with van der Waals surface area (Å²) >= 11 is 0. The van der Waals surface area contributed by atoms with Crippen LogP contribution in [0.5, 0.6) is 0 Å². The normalized spacial score (nSPS) is 17.5. The number of nitrogens with zero attached hydrogens (tertiary/aromatic N) is 4. The third kappa shape index (κ3) is 6.66. The minimum absolute atomic E-state index is 0. The lowest BCUT2D eigenvalue weighted by Crippen LogP contribution is -2.45. The average molecular weight is 448 g/mol. The molecule has 2 rings (SSSR count). The zero-order chi connectivity index (χ0) is 16.5. The number of guanidine groups is 1. The highest BCUT2D eigenvalue weighted by molar-refractivity contribution is 14.0. The zero-order valence-electron chi connectivity index (χ0n) is 14.6. The Kier molecular flexibility index (Phi) is 9.73. The minimum Gasteiger partial charge on any atom is -0.357 e. The summed E-state index contributed by atoms with van der Waals surface area (Å²) in [6.45, 7) is 8.09. The Morgan fingerprint density at radius 3 is 2.92 bits per heavy atom. The second kappa shape index (κ2) is 11.3. The number of nitrogens with one attached hydrogen (secondary N) is 2. The van der Waals surface area contributed by atoms with Crippen molar-refractivity contribution in [3.63, 3.8) is 0 Å². The third-order valence-electron chi connectivity index (χ3n) is 3.93. The van der Waals surface area contributed by atoms with Gasteiger partial charge in [0.15, 0.2) is 5.96 Å². The molecule has 24 heavy (non-hydrogen) atoms. The van der Waals surface area contributed by atoms with Gasteiger partial charge in [0.1, 0.15) is 0 Å². The quantitative estimate of drug-likeness (QED) is 0.287. The molecule has 0 saturated carbocycles. The van der Waals surface area contributed by atoms with Crippen LogP contribution in [0.25, 0.3) is 0 Å². The highest BCUT2D eigenvalue weighted by Gasteiger charge is 2.25. The molecule has 1 aromatic heterocycles. The molecule has 1 saturated heterocycles. The SMILES string of the molecule is CCNC(=NCCCn1ccnc1)NC1CCN(C(=O)CC)C1.I. The van der Waals surface area contributed by atoms with Gasteiger partial charge in [-0.05, 0) is 19.8 Å². The van der Waals surface area contributed by atoms with Crippen molar-refractivity contribution in [3.8, 4) is 0 Å². The molecule has 0 radical (unpaired) electrons. The Morgan fingerprint density at radius 2 is 2.25 bits per heavy atom. The van der Waals surface area contributed by atoms with Crippen LogP contribution in [0.3, 0.4) is 0 Å². The first-order valence-corrected chi connectivity index (χ1v) is 8.51. The van der Waals surface area contributed by atoms with Crippen LogP contribution >= 0.6 is 24.0 Å². The Morgan fingerprint density at radius 1 is 1.42 bits per heavy atom. The Hall–Kier alpha value is -1.32. The van der Waals surface area contributed by atoms with E-state index < -0.39 is 0 Å². The van der Waals surface area contributed by atoms with Crippen LogP contribution in [0.15, 0.2) is 23.7 Å². The van der Waals surface area contributed by atoms with Gasteiger partial charge in [0, 0.05) is 57.6 Å². The van der Waals surface area contributed by atoms with Crippen molar-refractivity contribution < 1.29 is 4.79 Å². The summed E-state index contributed by atoms with van der Waals surface area (Å²) in [7, 11) is 0. The molecule has 1 atom stereocenters. The first-order valence-electron chi connectivity index (χ1n) is 8.51. The molecule has 1 aliphatic heterocycles. The van der Waals surface area contributed by atoms with E-state index in [4.69, 9.17) is 0 Å². The van der Waals surface area contributed by atoms with Crippen molar-refractivity contribution in [1.82, 2.24) is 25.1 Å². The molecule has 8 heteroatoms. The molecule has 0 aliphatic carbocycles. The fourth-order valence-corrected chi connectivity index (χ4v) is 2.70. The van der Waals surface area contributed by atoms with Gasteiger partial charge in [0.05, 0.1) is 6.33 Å². The summed E-state index contributed by atoms with van der Waals surface area (Å²) in [5, 5.41) is 6.72.